The highest BCUT2D eigenvalue weighted by Crippen LogP contribution is 2.45. The van der Waals surface area contributed by atoms with Gasteiger partial charge in [-0.1, -0.05) is 182 Å². The van der Waals surface area contributed by atoms with Crippen molar-refractivity contribution in [3.8, 4) is 34.2 Å². The summed E-state index contributed by atoms with van der Waals surface area (Å²) in [5.41, 5.74) is 16.8. The molecule has 1 aliphatic heterocycles. The molecule has 0 atom stereocenters. The van der Waals surface area contributed by atoms with Crippen molar-refractivity contribution in [1.29, 1.82) is 0 Å². The molecule has 11 aromatic carbocycles. The Morgan fingerprint density at radius 1 is 0.250 bits per heavy atom. The fourth-order valence-electron chi connectivity index (χ4n) is 12.7. The first-order valence-corrected chi connectivity index (χ1v) is 24.8. The predicted molar refractivity (Wildman–Crippen MR) is 301 cm³/mol. The highest BCUT2D eigenvalue weighted by molar-refractivity contribution is 6.98. The Morgan fingerprint density at radius 3 is 0.778 bits per heavy atom. The van der Waals surface area contributed by atoms with Crippen LogP contribution in [0.5, 0.6) is 11.5 Å². The number of para-hydroxylation sites is 10. The summed E-state index contributed by atoms with van der Waals surface area (Å²) in [4.78, 5) is 0. The van der Waals surface area contributed by atoms with Crippen LogP contribution in [-0.4, -0.2) is 25.0 Å². The van der Waals surface area contributed by atoms with E-state index >= 15 is 0 Å². The zero-order valence-corrected chi connectivity index (χ0v) is 38.9. The smallest absolute Gasteiger partial charge is 0.256 e. The van der Waals surface area contributed by atoms with E-state index in [-0.39, 0.29) is 6.71 Å². The maximum absolute atomic E-state index is 6.98. The van der Waals surface area contributed by atoms with E-state index in [4.69, 9.17) is 4.74 Å². The lowest BCUT2D eigenvalue weighted by Gasteiger charge is -2.33. The third kappa shape index (κ3) is 5.32. The molecule has 0 saturated carbocycles. The van der Waals surface area contributed by atoms with Gasteiger partial charge in [-0.15, -0.1) is 0 Å². The van der Waals surface area contributed by atoms with E-state index in [0.717, 1.165) is 94.8 Å². The first-order valence-electron chi connectivity index (χ1n) is 24.8. The number of ether oxygens (including phenoxy) is 1. The van der Waals surface area contributed by atoms with Crippen LogP contribution in [0.3, 0.4) is 0 Å². The molecule has 0 spiro atoms. The second-order valence-corrected chi connectivity index (χ2v) is 19.1. The van der Waals surface area contributed by atoms with Gasteiger partial charge in [0.2, 0.25) is 0 Å². The summed E-state index contributed by atoms with van der Waals surface area (Å²) in [6.07, 6.45) is 0. The molecule has 16 rings (SSSR count). The zero-order chi connectivity index (χ0) is 47.0. The van der Waals surface area contributed by atoms with Gasteiger partial charge in [-0.3, -0.25) is 0 Å². The molecule has 0 fully saturated rings. The van der Waals surface area contributed by atoms with Crippen LogP contribution in [0.2, 0.25) is 0 Å². The number of aromatic nitrogens is 4. The third-order valence-electron chi connectivity index (χ3n) is 15.5. The van der Waals surface area contributed by atoms with Crippen LogP contribution in [0.25, 0.3) is 110 Å². The second kappa shape index (κ2) is 15.0. The molecule has 72 heavy (non-hydrogen) atoms. The average molecular weight is 917 g/mol. The zero-order valence-electron chi connectivity index (χ0n) is 38.9. The Labute approximate surface area is 414 Å². The number of hydrogen-bond acceptors (Lipinski definition) is 1. The molecule has 0 amide bonds. The largest absolute Gasteiger partial charge is 0.458 e. The van der Waals surface area contributed by atoms with Crippen LogP contribution in [0.15, 0.2) is 249 Å². The first kappa shape index (κ1) is 39.3. The van der Waals surface area contributed by atoms with E-state index in [9.17, 15) is 0 Å². The van der Waals surface area contributed by atoms with E-state index in [0.29, 0.717) is 0 Å². The fraction of sp³-hybridized carbons (Fsp3) is 0. The van der Waals surface area contributed by atoms with Crippen molar-refractivity contribution in [3.63, 3.8) is 0 Å². The van der Waals surface area contributed by atoms with Crippen LogP contribution in [0, 0.1) is 0 Å². The van der Waals surface area contributed by atoms with E-state index in [1.807, 2.05) is 0 Å². The van der Waals surface area contributed by atoms with Crippen molar-refractivity contribution in [2.75, 3.05) is 0 Å². The summed E-state index contributed by atoms with van der Waals surface area (Å²) < 4.78 is 17.3. The molecule has 4 aromatic heterocycles. The van der Waals surface area contributed by atoms with Gasteiger partial charge in [0.05, 0.1) is 66.9 Å². The number of hydrogen-bond donors (Lipinski definition) is 0. The predicted octanol–water partition coefficient (Wildman–Crippen LogP) is 14.7. The summed E-state index contributed by atoms with van der Waals surface area (Å²) in [5.74, 6) is 1.70. The molecule has 5 nitrogen and oxygen atoms in total. The quantitative estimate of drug-likeness (QED) is 0.158. The molecule has 0 radical (unpaired) electrons. The van der Waals surface area contributed by atoms with Gasteiger partial charge in [0.25, 0.3) is 6.71 Å². The minimum atomic E-state index is -0.323. The molecule has 0 N–H and O–H groups in total. The van der Waals surface area contributed by atoms with Crippen molar-refractivity contribution in [1.82, 2.24) is 18.3 Å². The monoisotopic (exact) mass is 916 g/mol. The van der Waals surface area contributed by atoms with Gasteiger partial charge in [-0.05, 0) is 83.1 Å². The van der Waals surface area contributed by atoms with Crippen molar-refractivity contribution in [3.05, 3.63) is 249 Å². The van der Waals surface area contributed by atoms with E-state index in [1.54, 1.807) is 0 Å². The molecule has 0 aliphatic carbocycles. The molecule has 5 heterocycles. The standard InChI is InChI=1S/C66H41BN4O/c1-11-31-52-42(21-1)43-22-2-12-32-53(43)68(52)60-41-61(69-54-33-13-3-23-44(54)45-24-4-14-34-55(45)69)66(71-58-37-17-7-27-48(58)49-28-8-18-38-59(49)71)64(67-50-29-9-19-39-62(50)72-63-40-20-10-30-51(63)67)65(60)70-56-35-15-5-25-46(56)47-26-6-16-36-57(47)70/h1-41H. The molecule has 0 bridgehead atoms. The van der Waals surface area contributed by atoms with Gasteiger partial charge < -0.3 is 23.0 Å². The van der Waals surface area contributed by atoms with Crippen LogP contribution < -0.4 is 21.1 Å². The molecule has 0 unspecified atom stereocenters. The van der Waals surface area contributed by atoms with Gasteiger partial charge in [0.15, 0.2) is 0 Å². The number of fused-ring (bicyclic) bond motifs is 14. The Bertz CT molecular complexity index is 4250. The highest BCUT2D eigenvalue weighted by atomic mass is 16.5. The van der Waals surface area contributed by atoms with E-state index < -0.39 is 0 Å². The van der Waals surface area contributed by atoms with Gasteiger partial charge >= 0.3 is 0 Å². The van der Waals surface area contributed by atoms with Gasteiger partial charge in [-0.25, -0.2) is 0 Å². The van der Waals surface area contributed by atoms with E-state index in [1.165, 1.54) is 43.1 Å². The summed E-state index contributed by atoms with van der Waals surface area (Å²) in [5, 5.41) is 9.61. The van der Waals surface area contributed by atoms with Crippen molar-refractivity contribution in [2.45, 2.75) is 0 Å². The van der Waals surface area contributed by atoms with Crippen molar-refractivity contribution in [2.24, 2.45) is 0 Å². The van der Waals surface area contributed by atoms with Crippen LogP contribution in [0.1, 0.15) is 0 Å². The Hall–Kier alpha value is -9.52. The maximum Gasteiger partial charge on any atom is 0.256 e. The molecule has 6 heteroatoms. The molecule has 1 aliphatic rings. The lowest BCUT2D eigenvalue weighted by molar-refractivity contribution is 0.487. The highest BCUT2D eigenvalue weighted by Gasteiger charge is 2.40. The topological polar surface area (TPSA) is 28.9 Å². The molecular formula is C66H41BN4O. The molecule has 334 valence electrons. The second-order valence-electron chi connectivity index (χ2n) is 19.1. The van der Waals surface area contributed by atoms with Crippen molar-refractivity contribution >= 4 is 110 Å². The summed E-state index contributed by atoms with van der Waals surface area (Å²) in [7, 11) is 0. The molecular weight excluding hydrogens is 876 g/mol. The first-order chi connectivity index (χ1) is 35.8. The third-order valence-corrected chi connectivity index (χ3v) is 15.5. The van der Waals surface area contributed by atoms with Crippen LogP contribution in [0.4, 0.5) is 0 Å². The van der Waals surface area contributed by atoms with Gasteiger partial charge in [0, 0.05) is 43.1 Å². The SMILES string of the molecule is c1ccc2c(c1)Oc1ccccc1B2c1c(-n2c3ccccc3c3ccccc32)c(-n2c3ccccc3c3ccccc32)cc(-n2c3ccccc3c3ccccc32)c1-n1c2ccccc2c2ccccc21. The number of benzene rings is 11. The lowest BCUT2D eigenvalue weighted by Crippen LogP contribution is -2.57. The fourth-order valence-corrected chi connectivity index (χ4v) is 12.7. The van der Waals surface area contributed by atoms with Gasteiger partial charge in [0.1, 0.15) is 11.5 Å². The van der Waals surface area contributed by atoms with Crippen LogP contribution >= 0.6 is 0 Å². The normalized spacial score (nSPS) is 12.5. The maximum atomic E-state index is 6.98. The Kier molecular flexibility index (Phi) is 8.19. The van der Waals surface area contributed by atoms with Gasteiger partial charge in [-0.2, -0.15) is 0 Å². The lowest BCUT2D eigenvalue weighted by atomic mass is 9.35. The summed E-state index contributed by atoms with van der Waals surface area (Å²) >= 11 is 0. The molecule has 0 saturated heterocycles. The minimum Gasteiger partial charge on any atom is -0.458 e. The van der Waals surface area contributed by atoms with Crippen molar-refractivity contribution < 1.29 is 4.74 Å². The minimum absolute atomic E-state index is 0.323. The Balaban J connectivity index is 1.26. The number of nitrogens with zero attached hydrogens (tertiary/aromatic N) is 4. The summed E-state index contributed by atoms with van der Waals surface area (Å²) in [6.45, 7) is -0.323. The Morgan fingerprint density at radius 2 is 0.486 bits per heavy atom. The average Bonchev–Trinajstić information content (AvgIpc) is 4.17. The number of rotatable bonds is 5. The van der Waals surface area contributed by atoms with Crippen LogP contribution in [-0.2, 0) is 0 Å². The van der Waals surface area contributed by atoms with E-state index in [2.05, 4.69) is 267 Å². The summed E-state index contributed by atoms with van der Waals surface area (Å²) in [6, 6.07) is 91.5. The molecule has 15 aromatic rings.